The molecule has 0 amide bonds. The van der Waals surface area contributed by atoms with Crippen LogP contribution in [0.1, 0.15) is 17.3 Å². The van der Waals surface area contributed by atoms with Gasteiger partial charge in [-0.15, -0.1) is 21.5 Å². The summed E-state index contributed by atoms with van der Waals surface area (Å²) in [5, 5.41) is 13.3. The van der Waals surface area contributed by atoms with E-state index in [0.717, 1.165) is 4.88 Å². The summed E-state index contributed by atoms with van der Waals surface area (Å²) in [4.78, 5) is 0.848. The van der Waals surface area contributed by atoms with E-state index in [9.17, 15) is 13.2 Å². The van der Waals surface area contributed by atoms with Crippen LogP contribution >= 0.6 is 27.3 Å². The Hall–Kier alpha value is -1.68. The molecule has 23 heavy (non-hydrogen) atoms. The van der Waals surface area contributed by atoms with E-state index in [2.05, 4.69) is 31.2 Å². The standard InChI is InChI=1S/C13H10BrF3N4OS/c1-7-10(14)11(13(15,16)17)20-21(7)5-4-9-18-19-12(22-9)8-3-2-6-23-8/h2-3,6H,4-5H2,1H3. The zero-order chi connectivity index (χ0) is 16.6. The summed E-state index contributed by atoms with van der Waals surface area (Å²) in [6, 6.07) is 3.72. The molecule has 0 saturated heterocycles. The van der Waals surface area contributed by atoms with Crippen molar-refractivity contribution < 1.29 is 17.6 Å². The smallest absolute Gasteiger partial charge is 0.420 e. The summed E-state index contributed by atoms with van der Waals surface area (Å²) in [5.41, 5.74) is -0.532. The van der Waals surface area contributed by atoms with Gasteiger partial charge >= 0.3 is 6.18 Å². The van der Waals surface area contributed by atoms with Crippen molar-refractivity contribution in [3.8, 4) is 10.8 Å². The van der Waals surface area contributed by atoms with Gasteiger partial charge in [-0.1, -0.05) is 6.07 Å². The third kappa shape index (κ3) is 3.32. The van der Waals surface area contributed by atoms with Crippen LogP contribution in [-0.2, 0) is 19.1 Å². The normalized spacial score (nSPS) is 12.0. The highest BCUT2D eigenvalue weighted by Crippen LogP contribution is 2.35. The highest BCUT2D eigenvalue weighted by molar-refractivity contribution is 9.10. The third-order valence-electron chi connectivity index (χ3n) is 3.14. The molecule has 3 aromatic rings. The van der Waals surface area contributed by atoms with Crippen molar-refractivity contribution in [3.05, 3.63) is 39.3 Å². The molecule has 3 heterocycles. The molecule has 0 N–H and O–H groups in total. The van der Waals surface area contributed by atoms with E-state index in [1.54, 1.807) is 6.92 Å². The van der Waals surface area contributed by atoms with Crippen molar-refractivity contribution in [2.45, 2.75) is 26.1 Å². The summed E-state index contributed by atoms with van der Waals surface area (Å²) >= 11 is 4.41. The van der Waals surface area contributed by atoms with Gasteiger partial charge in [0.25, 0.3) is 5.89 Å². The first-order valence-corrected chi connectivity index (χ1v) is 8.20. The molecule has 0 aliphatic carbocycles. The SMILES string of the molecule is Cc1c(Br)c(C(F)(F)F)nn1CCc1nnc(-c2cccs2)o1. The summed E-state index contributed by atoms with van der Waals surface area (Å²) < 4.78 is 45.2. The average molecular weight is 407 g/mol. The van der Waals surface area contributed by atoms with Crippen LogP contribution in [0, 0.1) is 6.92 Å². The fourth-order valence-electron chi connectivity index (χ4n) is 1.98. The molecule has 0 aliphatic rings. The molecule has 0 bridgehead atoms. The summed E-state index contributed by atoms with van der Waals surface area (Å²) in [6.07, 6.45) is -4.20. The van der Waals surface area contributed by atoms with Crippen LogP contribution < -0.4 is 0 Å². The van der Waals surface area contributed by atoms with Crippen LogP contribution in [0.25, 0.3) is 10.8 Å². The predicted molar refractivity (Wildman–Crippen MR) is 81.0 cm³/mol. The van der Waals surface area contributed by atoms with E-state index in [0.29, 0.717) is 23.9 Å². The lowest BCUT2D eigenvalue weighted by Crippen LogP contribution is -2.10. The number of hydrogen-bond donors (Lipinski definition) is 0. The highest BCUT2D eigenvalue weighted by Gasteiger charge is 2.37. The van der Waals surface area contributed by atoms with Crippen LogP contribution in [0.4, 0.5) is 13.2 Å². The average Bonchev–Trinajstić information content (AvgIpc) is 3.19. The van der Waals surface area contributed by atoms with Crippen LogP contribution in [0.5, 0.6) is 0 Å². The minimum atomic E-state index is -4.49. The van der Waals surface area contributed by atoms with Crippen LogP contribution in [0.3, 0.4) is 0 Å². The Labute approximate surface area is 141 Å². The maximum absolute atomic E-state index is 12.8. The number of thiophene rings is 1. The Bertz CT molecular complexity index is 810. The lowest BCUT2D eigenvalue weighted by Gasteiger charge is -2.02. The highest BCUT2D eigenvalue weighted by atomic mass is 79.9. The number of halogens is 4. The molecule has 0 spiro atoms. The van der Waals surface area contributed by atoms with E-state index >= 15 is 0 Å². The van der Waals surface area contributed by atoms with Crippen molar-refractivity contribution in [3.63, 3.8) is 0 Å². The van der Waals surface area contributed by atoms with Gasteiger partial charge in [-0.3, -0.25) is 4.68 Å². The topological polar surface area (TPSA) is 56.7 Å². The fourth-order valence-corrected chi connectivity index (χ4v) is 3.13. The van der Waals surface area contributed by atoms with Crippen molar-refractivity contribution in [1.82, 2.24) is 20.0 Å². The number of rotatable bonds is 4. The maximum atomic E-state index is 12.8. The Morgan fingerprint density at radius 3 is 2.74 bits per heavy atom. The van der Waals surface area contributed by atoms with Gasteiger partial charge in [0.1, 0.15) is 0 Å². The maximum Gasteiger partial charge on any atom is 0.436 e. The quantitative estimate of drug-likeness (QED) is 0.646. The second kappa shape index (κ2) is 6.08. The first kappa shape index (κ1) is 16.2. The molecular weight excluding hydrogens is 397 g/mol. The van der Waals surface area contributed by atoms with Gasteiger partial charge in [-0.25, -0.2) is 0 Å². The Balaban J connectivity index is 1.74. The lowest BCUT2D eigenvalue weighted by atomic mass is 10.3. The first-order valence-electron chi connectivity index (χ1n) is 6.52. The minimum absolute atomic E-state index is 0.0465. The van der Waals surface area contributed by atoms with Crippen molar-refractivity contribution in [1.29, 1.82) is 0 Å². The molecule has 0 atom stereocenters. The van der Waals surface area contributed by atoms with Gasteiger partial charge < -0.3 is 4.42 Å². The van der Waals surface area contributed by atoms with Gasteiger partial charge in [0.15, 0.2) is 5.69 Å². The molecule has 10 heteroatoms. The second-order valence-electron chi connectivity index (χ2n) is 4.70. The molecule has 0 radical (unpaired) electrons. The Kier molecular flexibility index (Phi) is 4.28. The molecule has 0 fully saturated rings. The van der Waals surface area contributed by atoms with Crippen LogP contribution in [0.15, 0.2) is 26.4 Å². The van der Waals surface area contributed by atoms with Crippen molar-refractivity contribution in [2.75, 3.05) is 0 Å². The molecule has 3 rings (SSSR count). The fraction of sp³-hybridized carbons (Fsp3) is 0.308. The van der Waals surface area contributed by atoms with Gasteiger partial charge in [-0.05, 0) is 34.3 Å². The summed E-state index contributed by atoms with van der Waals surface area (Å²) in [5.74, 6) is 0.761. The van der Waals surface area contributed by atoms with Gasteiger partial charge in [0, 0.05) is 13.0 Å². The molecule has 0 aliphatic heterocycles. The zero-order valence-electron chi connectivity index (χ0n) is 11.8. The van der Waals surface area contributed by atoms with E-state index in [4.69, 9.17) is 4.42 Å². The summed E-state index contributed by atoms with van der Waals surface area (Å²) in [6.45, 7) is 1.78. The van der Waals surface area contributed by atoms with E-state index in [1.165, 1.54) is 16.0 Å². The van der Waals surface area contributed by atoms with Crippen molar-refractivity contribution >= 4 is 27.3 Å². The minimum Gasteiger partial charge on any atom is -0.420 e. The lowest BCUT2D eigenvalue weighted by molar-refractivity contribution is -0.142. The Morgan fingerprint density at radius 1 is 1.35 bits per heavy atom. The molecule has 0 saturated carbocycles. The van der Waals surface area contributed by atoms with E-state index < -0.39 is 11.9 Å². The van der Waals surface area contributed by atoms with Crippen molar-refractivity contribution in [2.24, 2.45) is 0 Å². The largest absolute Gasteiger partial charge is 0.436 e. The first-order chi connectivity index (χ1) is 10.9. The number of nitrogens with zero attached hydrogens (tertiary/aromatic N) is 4. The number of hydrogen-bond acceptors (Lipinski definition) is 5. The van der Waals surface area contributed by atoms with Crippen LogP contribution in [-0.4, -0.2) is 20.0 Å². The molecule has 3 aromatic heterocycles. The number of alkyl halides is 3. The Morgan fingerprint density at radius 2 is 2.13 bits per heavy atom. The van der Waals surface area contributed by atoms with Gasteiger partial charge in [0.05, 0.1) is 15.0 Å². The third-order valence-corrected chi connectivity index (χ3v) is 4.95. The van der Waals surface area contributed by atoms with Gasteiger partial charge in [-0.2, -0.15) is 18.3 Å². The van der Waals surface area contributed by atoms with E-state index in [1.807, 2.05) is 17.5 Å². The predicted octanol–water partition coefficient (Wildman–Crippen LogP) is 4.33. The zero-order valence-corrected chi connectivity index (χ0v) is 14.2. The number of aryl methyl sites for hydroxylation is 2. The van der Waals surface area contributed by atoms with Gasteiger partial charge in [0.2, 0.25) is 5.89 Å². The molecule has 122 valence electrons. The molecular formula is C13H10BrF3N4OS. The summed E-state index contributed by atoms with van der Waals surface area (Å²) in [7, 11) is 0. The van der Waals surface area contributed by atoms with Crippen LogP contribution in [0.2, 0.25) is 0 Å². The monoisotopic (exact) mass is 406 g/mol. The molecule has 0 unspecified atom stereocenters. The second-order valence-corrected chi connectivity index (χ2v) is 6.44. The molecule has 0 aromatic carbocycles. The van der Waals surface area contributed by atoms with E-state index in [-0.39, 0.29) is 11.0 Å². The number of aromatic nitrogens is 4. The molecule has 5 nitrogen and oxygen atoms in total.